The minimum atomic E-state index is -0.510. The van der Waals surface area contributed by atoms with Gasteiger partial charge in [0.05, 0.1) is 11.2 Å². The fourth-order valence-corrected chi connectivity index (χ4v) is 4.09. The van der Waals surface area contributed by atoms with Gasteiger partial charge in [0.1, 0.15) is 17.5 Å². The van der Waals surface area contributed by atoms with Crippen molar-refractivity contribution in [3.63, 3.8) is 0 Å². The van der Waals surface area contributed by atoms with Gasteiger partial charge in [0.25, 0.3) is 0 Å². The highest BCUT2D eigenvalue weighted by Crippen LogP contribution is 2.30. The smallest absolute Gasteiger partial charge is 0.178 e. The van der Waals surface area contributed by atoms with Crippen LogP contribution in [-0.4, -0.2) is 15.0 Å². The van der Waals surface area contributed by atoms with Crippen LogP contribution in [0.4, 0.5) is 14.5 Å². The molecule has 2 aromatic heterocycles. The Balaban J connectivity index is 0.00000226. The summed E-state index contributed by atoms with van der Waals surface area (Å²) >= 11 is 0. The molecule has 41 heavy (non-hydrogen) atoms. The van der Waals surface area contributed by atoms with Crippen LogP contribution in [0.2, 0.25) is 0 Å². The molecule has 0 fully saturated rings. The summed E-state index contributed by atoms with van der Waals surface area (Å²) in [6, 6.07) is 11.4. The Labute approximate surface area is 240 Å². The number of benzene rings is 2. The van der Waals surface area contributed by atoms with Gasteiger partial charge in [-0.1, -0.05) is 52.1 Å². The number of terminal acetylenes is 1. The van der Waals surface area contributed by atoms with E-state index in [0.29, 0.717) is 28.1 Å². The summed E-state index contributed by atoms with van der Waals surface area (Å²) in [5.74, 6) is -0.233. The number of nitrogens with zero attached hydrogens (tertiary/aromatic N) is 2. The molecular weight excluding hydrogens is 516 g/mol. The number of nitrogens with two attached hydrogens (primary N) is 1. The Morgan fingerprint density at radius 3 is 2.41 bits per heavy atom. The van der Waals surface area contributed by atoms with Crippen LogP contribution in [0, 0.1) is 29.9 Å². The first-order valence-corrected chi connectivity index (χ1v) is 13.0. The number of pyridine rings is 1. The number of hydrogen-bond acceptors (Lipinski definition) is 4. The van der Waals surface area contributed by atoms with E-state index in [0.717, 1.165) is 28.1 Å². The van der Waals surface area contributed by atoms with Gasteiger partial charge in [-0.15, -0.1) is 12.8 Å². The van der Waals surface area contributed by atoms with Crippen LogP contribution in [0.5, 0.6) is 0 Å². The Hall–Kier alpha value is -4.96. The molecule has 0 amide bonds. The topological polar surface area (TPSA) is 79.6 Å². The maximum Gasteiger partial charge on any atom is 0.178 e. The second-order valence-electron chi connectivity index (χ2n) is 10.4. The van der Waals surface area contributed by atoms with Gasteiger partial charge in [-0.2, -0.15) is 0 Å². The van der Waals surface area contributed by atoms with Gasteiger partial charge in [0.2, 0.25) is 0 Å². The number of fused-ring (bicyclic) bond motifs is 1. The molecule has 5 nitrogen and oxygen atoms in total. The minimum absolute atomic E-state index is 0.0635. The van der Waals surface area contributed by atoms with Gasteiger partial charge in [-0.3, -0.25) is 0 Å². The first-order chi connectivity index (χ1) is 19.5. The lowest BCUT2D eigenvalue weighted by atomic mass is 9.92. The second-order valence-corrected chi connectivity index (χ2v) is 10.4. The van der Waals surface area contributed by atoms with E-state index in [4.69, 9.17) is 5.73 Å². The van der Waals surface area contributed by atoms with Gasteiger partial charge in [-0.25, -0.2) is 18.7 Å². The predicted octanol–water partition coefficient (Wildman–Crippen LogP) is 7.95. The Morgan fingerprint density at radius 2 is 1.80 bits per heavy atom. The molecule has 0 spiro atoms. The summed E-state index contributed by atoms with van der Waals surface area (Å²) < 4.78 is 28.5. The number of aromatic amines is 1. The third-order valence-electron chi connectivity index (χ3n) is 6.55. The van der Waals surface area contributed by atoms with E-state index >= 15 is 4.39 Å². The summed E-state index contributed by atoms with van der Waals surface area (Å²) in [5, 5.41) is 3.30. The summed E-state index contributed by atoms with van der Waals surface area (Å²) in [6.45, 7) is 16.1. The average molecular weight is 552 g/mol. The number of H-pyrrole nitrogens is 1. The van der Waals surface area contributed by atoms with Gasteiger partial charge < -0.3 is 16.0 Å². The van der Waals surface area contributed by atoms with Crippen LogP contribution >= 0.6 is 0 Å². The molecule has 2 heterocycles. The second kappa shape index (κ2) is 12.9. The van der Waals surface area contributed by atoms with Crippen molar-refractivity contribution in [3.05, 3.63) is 120 Å². The highest BCUT2D eigenvalue weighted by atomic mass is 19.1. The number of allylic oxidation sites excluding steroid dienone is 5. The van der Waals surface area contributed by atoms with E-state index in [2.05, 4.69) is 67.0 Å². The lowest BCUT2D eigenvalue weighted by Gasteiger charge is -2.24. The van der Waals surface area contributed by atoms with Crippen LogP contribution in [-0.2, 0) is 6.42 Å². The molecule has 0 atom stereocenters. The molecule has 0 saturated heterocycles. The van der Waals surface area contributed by atoms with Crippen LogP contribution in [0.3, 0.4) is 0 Å². The Morgan fingerprint density at radius 1 is 1.12 bits per heavy atom. The predicted molar refractivity (Wildman–Crippen MR) is 166 cm³/mol. The molecule has 4 aromatic rings. The molecule has 0 radical (unpaired) electrons. The molecule has 0 unspecified atom stereocenters. The quantitative estimate of drug-likeness (QED) is 0.118. The third kappa shape index (κ3) is 7.17. The molecule has 0 bridgehead atoms. The normalized spacial score (nSPS) is 12.0. The van der Waals surface area contributed by atoms with Gasteiger partial charge in [-0.05, 0) is 71.7 Å². The number of nitrogen functional groups attached to an aromatic ring is 1. The Kier molecular flexibility index (Phi) is 9.64. The fraction of sp³-hybridized carbons (Fsp3) is 0.176. The van der Waals surface area contributed by atoms with E-state index in [-0.39, 0.29) is 23.3 Å². The van der Waals surface area contributed by atoms with E-state index in [1.54, 1.807) is 24.4 Å². The first-order valence-electron chi connectivity index (χ1n) is 13.0. The van der Waals surface area contributed by atoms with Crippen molar-refractivity contribution in [2.45, 2.75) is 34.1 Å². The third-order valence-corrected chi connectivity index (χ3v) is 6.55. The summed E-state index contributed by atoms with van der Waals surface area (Å²) in [4.78, 5) is 12.3. The van der Waals surface area contributed by atoms with E-state index < -0.39 is 5.82 Å². The number of rotatable bonds is 8. The monoisotopic (exact) mass is 551 g/mol. The molecule has 210 valence electrons. The molecule has 4 rings (SSSR count). The zero-order chi connectivity index (χ0) is 30.3. The highest BCUT2D eigenvalue weighted by molar-refractivity contribution is 5.89. The van der Waals surface area contributed by atoms with Crippen LogP contribution < -0.4 is 11.1 Å². The summed E-state index contributed by atoms with van der Waals surface area (Å²) in [7, 11) is 0. The first kappa shape index (κ1) is 30.6. The van der Waals surface area contributed by atoms with Crippen LogP contribution in [0.1, 0.15) is 44.6 Å². The van der Waals surface area contributed by atoms with Crippen molar-refractivity contribution in [1.82, 2.24) is 20.3 Å². The van der Waals surface area contributed by atoms with E-state index in [9.17, 15) is 4.39 Å². The highest BCUT2D eigenvalue weighted by Gasteiger charge is 2.17. The number of imidazole rings is 1. The van der Waals surface area contributed by atoms with Crippen molar-refractivity contribution in [2.75, 3.05) is 5.73 Å². The maximum atomic E-state index is 15.1. The number of aromatic nitrogens is 3. The summed E-state index contributed by atoms with van der Waals surface area (Å²) in [6.07, 6.45) is 15.4. The zero-order valence-corrected chi connectivity index (χ0v) is 23.9. The van der Waals surface area contributed by atoms with Crippen LogP contribution in [0.25, 0.3) is 27.9 Å². The molecule has 4 N–H and O–H groups in total. The van der Waals surface area contributed by atoms with Crippen molar-refractivity contribution in [3.8, 4) is 24.0 Å². The number of anilines is 1. The van der Waals surface area contributed by atoms with Gasteiger partial charge >= 0.3 is 0 Å². The lowest BCUT2D eigenvalue weighted by molar-refractivity contribution is 0.478. The average Bonchev–Trinajstić information content (AvgIpc) is 3.37. The maximum absolute atomic E-state index is 15.1. The molecule has 7 heteroatoms. The number of hydrogen-bond donors (Lipinski definition) is 3. The molecule has 2 aromatic carbocycles. The Bertz CT molecular complexity index is 1650. The van der Waals surface area contributed by atoms with Gasteiger partial charge in [0.15, 0.2) is 5.65 Å². The van der Waals surface area contributed by atoms with E-state index in [1.807, 2.05) is 31.2 Å². The zero-order valence-electron chi connectivity index (χ0n) is 23.9. The number of halogens is 2. The van der Waals surface area contributed by atoms with Crippen molar-refractivity contribution in [1.29, 1.82) is 0 Å². The molecule has 0 aliphatic rings. The molecule has 0 saturated carbocycles. The van der Waals surface area contributed by atoms with Crippen LogP contribution in [0.15, 0.2) is 91.4 Å². The molecular formula is C34H35F2N5. The minimum Gasteiger partial charge on any atom is -0.396 e. The van der Waals surface area contributed by atoms with Crippen molar-refractivity contribution in [2.24, 2.45) is 5.41 Å². The molecule has 0 aliphatic heterocycles. The van der Waals surface area contributed by atoms with E-state index in [1.165, 1.54) is 18.2 Å². The van der Waals surface area contributed by atoms with Gasteiger partial charge in [0, 0.05) is 35.0 Å². The fourth-order valence-electron chi connectivity index (χ4n) is 4.09. The standard InChI is InChI=1S/C32H33F2N5.C2H2/c1-7-20(16-25(8-2)37-19(3)32(4,5)6)22-15-23(29(35)27(34)17-22)18-28-38-30-26(13-14-36-31(30)39-28)21-9-11-24(33)12-10-21;1-2/h7-17,37H,2-3,18,35H2,1,4-6H3,(H,36,38,39);1-2H/b20-7+,25-16+;. The van der Waals surface area contributed by atoms with Crippen molar-refractivity contribution >= 4 is 22.4 Å². The largest absolute Gasteiger partial charge is 0.396 e. The SMILES string of the molecule is C#C.C=C/C(=C\C(=C/C)c1cc(F)c(N)c(Cc2nc3nccc(-c4ccc(F)cc4)c3[nH]2)c1)NC(=C)C(C)(C)C. The summed E-state index contributed by atoms with van der Waals surface area (Å²) in [5.41, 5.74) is 12.6. The molecule has 0 aliphatic carbocycles. The van der Waals surface area contributed by atoms with Crippen molar-refractivity contribution < 1.29 is 8.78 Å². The lowest BCUT2D eigenvalue weighted by Crippen LogP contribution is -2.22. The number of nitrogens with one attached hydrogen (secondary N) is 2.